The van der Waals surface area contributed by atoms with E-state index >= 15 is 0 Å². The van der Waals surface area contributed by atoms with Crippen molar-refractivity contribution in [3.8, 4) is 0 Å². The molecule has 1 unspecified atom stereocenters. The zero-order valence-corrected chi connectivity index (χ0v) is 9.65. The molecule has 0 spiro atoms. The highest BCUT2D eigenvalue weighted by atomic mass is 14.9. The van der Waals surface area contributed by atoms with Crippen molar-refractivity contribution in [2.75, 3.05) is 0 Å². The molecule has 0 aliphatic carbocycles. The second-order valence-electron chi connectivity index (χ2n) is 5.30. The maximum atomic E-state index is 6.28. The molecule has 4 N–H and O–H groups in total. The van der Waals surface area contributed by atoms with Gasteiger partial charge in [-0.2, -0.15) is 0 Å². The topological polar surface area (TPSA) is 52.0 Å². The van der Waals surface area contributed by atoms with Crippen molar-refractivity contribution in [2.24, 2.45) is 16.9 Å². The van der Waals surface area contributed by atoms with Crippen LogP contribution in [0.1, 0.15) is 41.0 Å². The minimum absolute atomic E-state index is 0.0347. The first-order chi connectivity index (χ1) is 5.56. The summed E-state index contributed by atoms with van der Waals surface area (Å²) in [5.41, 5.74) is 11.5. The predicted molar refractivity (Wildman–Crippen MR) is 59.5 cm³/mol. The lowest BCUT2D eigenvalue weighted by Crippen LogP contribution is -2.67. The fourth-order valence-corrected chi connectivity index (χ4v) is 1.45. The summed E-state index contributed by atoms with van der Waals surface area (Å²) >= 11 is 0. The average Bonchev–Trinajstić information content (AvgIpc) is 1.84. The number of rotatable bonds is 4. The van der Waals surface area contributed by atoms with Crippen LogP contribution in [0.4, 0.5) is 0 Å². The van der Waals surface area contributed by atoms with E-state index in [0.717, 1.165) is 6.42 Å². The molecule has 0 saturated carbocycles. The highest BCUT2D eigenvalue weighted by molar-refractivity contribution is 5.08. The third-order valence-electron chi connectivity index (χ3n) is 3.40. The second-order valence-corrected chi connectivity index (χ2v) is 5.30. The molecule has 0 saturated heterocycles. The fraction of sp³-hybridized carbons (Fsp3) is 0.818. The first kappa shape index (κ1) is 12.7. The Balaban J connectivity index is 4.91. The molecule has 0 aliphatic rings. The van der Waals surface area contributed by atoms with Gasteiger partial charge in [-0.25, -0.2) is 0 Å². The van der Waals surface area contributed by atoms with Gasteiger partial charge in [0.25, 0.3) is 0 Å². The molecule has 13 heavy (non-hydrogen) atoms. The summed E-state index contributed by atoms with van der Waals surface area (Å²) in [6.07, 6.45) is 2.78. The molecule has 0 fully saturated rings. The van der Waals surface area contributed by atoms with Crippen molar-refractivity contribution in [1.82, 2.24) is 0 Å². The van der Waals surface area contributed by atoms with Crippen molar-refractivity contribution >= 4 is 0 Å². The van der Waals surface area contributed by atoms with Gasteiger partial charge in [-0.3, -0.25) is 0 Å². The van der Waals surface area contributed by atoms with Gasteiger partial charge in [-0.15, -0.1) is 6.58 Å². The maximum absolute atomic E-state index is 6.28. The molecule has 0 aromatic heterocycles. The molecule has 78 valence electrons. The minimum atomic E-state index is -0.409. The van der Waals surface area contributed by atoms with Crippen LogP contribution in [0.25, 0.3) is 0 Å². The third kappa shape index (κ3) is 2.32. The van der Waals surface area contributed by atoms with Crippen molar-refractivity contribution in [3.63, 3.8) is 0 Å². The summed E-state index contributed by atoms with van der Waals surface area (Å²) in [6, 6.07) is 0. The highest BCUT2D eigenvalue weighted by Crippen LogP contribution is 2.38. The van der Waals surface area contributed by atoms with E-state index in [0.29, 0.717) is 0 Å². The Morgan fingerprint density at radius 2 is 1.46 bits per heavy atom. The normalized spacial score (nSPS) is 18.1. The Kier molecular flexibility index (Phi) is 3.34. The van der Waals surface area contributed by atoms with E-state index in [9.17, 15) is 0 Å². The second kappa shape index (κ2) is 3.43. The van der Waals surface area contributed by atoms with E-state index in [1.807, 2.05) is 26.8 Å². The fourth-order valence-electron chi connectivity index (χ4n) is 1.45. The molecule has 0 aromatic carbocycles. The van der Waals surface area contributed by atoms with Crippen molar-refractivity contribution < 1.29 is 0 Å². The molecule has 1 atom stereocenters. The Morgan fingerprint density at radius 3 is 1.69 bits per heavy atom. The molecule has 0 heterocycles. The van der Waals surface area contributed by atoms with E-state index < -0.39 is 5.54 Å². The lowest BCUT2D eigenvalue weighted by molar-refractivity contribution is 0.109. The molecule has 2 heteroatoms. The SMILES string of the molecule is C=CCC(C)(C)C(C)(N)C(C)(C)N. The van der Waals surface area contributed by atoms with E-state index in [1.54, 1.807) is 0 Å². The summed E-state index contributed by atoms with van der Waals surface area (Å²) in [5, 5.41) is 0. The standard InChI is InChI=1S/C11H24N2/c1-7-8-9(2,3)11(6,13)10(4,5)12/h7H,1,8,12-13H2,2-6H3. The summed E-state index contributed by atoms with van der Waals surface area (Å²) in [5.74, 6) is 0. The number of nitrogens with two attached hydrogens (primary N) is 2. The molecule has 0 amide bonds. The van der Waals surface area contributed by atoms with Gasteiger partial charge >= 0.3 is 0 Å². The Hall–Kier alpha value is -0.340. The molecule has 0 aromatic rings. The molecule has 0 aliphatic heterocycles. The summed E-state index contributed by atoms with van der Waals surface area (Å²) in [4.78, 5) is 0. The van der Waals surface area contributed by atoms with Gasteiger partial charge < -0.3 is 11.5 Å². The van der Waals surface area contributed by atoms with E-state index in [2.05, 4.69) is 20.4 Å². The van der Waals surface area contributed by atoms with Crippen LogP contribution in [0, 0.1) is 5.41 Å². The summed E-state index contributed by atoms with van der Waals surface area (Å²) < 4.78 is 0. The first-order valence-electron chi connectivity index (χ1n) is 4.75. The van der Waals surface area contributed by atoms with Crippen LogP contribution in [0.5, 0.6) is 0 Å². The van der Waals surface area contributed by atoms with Crippen molar-refractivity contribution in [2.45, 2.75) is 52.1 Å². The van der Waals surface area contributed by atoms with Gasteiger partial charge in [0.15, 0.2) is 0 Å². The number of hydrogen-bond acceptors (Lipinski definition) is 2. The zero-order valence-electron chi connectivity index (χ0n) is 9.65. The van der Waals surface area contributed by atoms with Gasteiger partial charge in [-0.05, 0) is 32.6 Å². The van der Waals surface area contributed by atoms with Crippen molar-refractivity contribution in [1.29, 1.82) is 0 Å². The first-order valence-corrected chi connectivity index (χ1v) is 4.75. The smallest absolute Gasteiger partial charge is 0.0357 e. The quantitative estimate of drug-likeness (QED) is 0.657. The average molecular weight is 184 g/mol. The van der Waals surface area contributed by atoms with Crippen molar-refractivity contribution in [3.05, 3.63) is 12.7 Å². The molecule has 0 bridgehead atoms. The monoisotopic (exact) mass is 184 g/mol. The predicted octanol–water partition coefficient (Wildman–Crippen LogP) is 2.04. The van der Waals surface area contributed by atoms with E-state index in [-0.39, 0.29) is 11.0 Å². The molecular formula is C11H24N2. The molecular weight excluding hydrogens is 160 g/mol. The molecule has 0 radical (unpaired) electrons. The van der Waals surface area contributed by atoms with Gasteiger partial charge in [0.2, 0.25) is 0 Å². The Morgan fingerprint density at radius 1 is 1.08 bits per heavy atom. The van der Waals surface area contributed by atoms with Gasteiger partial charge in [0, 0.05) is 11.1 Å². The zero-order chi connectivity index (χ0) is 10.9. The summed E-state index contributed by atoms with van der Waals surface area (Å²) in [6.45, 7) is 14.0. The van der Waals surface area contributed by atoms with Gasteiger partial charge in [-0.1, -0.05) is 19.9 Å². The Bertz CT molecular complexity index is 185. The van der Waals surface area contributed by atoms with Crippen LogP contribution < -0.4 is 11.5 Å². The highest BCUT2D eigenvalue weighted by Gasteiger charge is 2.45. The maximum Gasteiger partial charge on any atom is 0.0357 e. The van der Waals surface area contributed by atoms with Crippen LogP contribution in [0.3, 0.4) is 0 Å². The number of allylic oxidation sites excluding steroid dienone is 1. The van der Waals surface area contributed by atoms with Crippen LogP contribution in [0.2, 0.25) is 0 Å². The third-order valence-corrected chi connectivity index (χ3v) is 3.40. The van der Waals surface area contributed by atoms with Crippen LogP contribution in [-0.4, -0.2) is 11.1 Å². The molecule has 0 rings (SSSR count). The molecule has 2 nitrogen and oxygen atoms in total. The van der Waals surface area contributed by atoms with Crippen LogP contribution in [-0.2, 0) is 0 Å². The lowest BCUT2D eigenvalue weighted by Gasteiger charge is -2.49. The minimum Gasteiger partial charge on any atom is -0.324 e. The van der Waals surface area contributed by atoms with E-state index in [1.165, 1.54) is 0 Å². The largest absolute Gasteiger partial charge is 0.324 e. The van der Waals surface area contributed by atoms with Gasteiger partial charge in [0.05, 0.1) is 0 Å². The van der Waals surface area contributed by atoms with Crippen LogP contribution >= 0.6 is 0 Å². The van der Waals surface area contributed by atoms with E-state index in [4.69, 9.17) is 11.5 Å². The summed E-state index contributed by atoms with van der Waals surface area (Å²) in [7, 11) is 0. The Labute approximate surface area is 82.4 Å². The lowest BCUT2D eigenvalue weighted by atomic mass is 9.63. The van der Waals surface area contributed by atoms with Crippen LogP contribution in [0.15, 0.2) is 12.7 Å². The van der Waals surface area contributed by atoms with Gasteiger partial charge in [0.1, 0.15) is 0 Å². The number of hydrogen-bond donors (Lipinski definition) is 2.